The zero-order chi connectivity index (χ0) is 28.3. The summed E-state index contributed by atoms with van der Waals surface area (Å²) in [4.78, 5) is 30.4. The number of nitrogens with one attached hydrogen (secondary N) is 1. The highest BCUT2D eigenvalue weighted by Gasteiger charge is 2.29. The third-order valence-corrected chi connectivity index (χ3v) is 8.59. The highest BCUT2D eigenvalue weighted by atomic mass is 35.5. The molecule has 1 saturated carbocycles. The molecule has 1 amide bonds. The van der Waals surface area contributed by atoms with E-state index in [2.05, 4.69) is 17.4 Å². The van der Waals surface area contributed by atoms with Crippen LogP contribution >= 0.6 is 22.9 Å². The number of ether oxygens (including phenoxy) is 1. The standard InChI is InChI=1S/C32H31ClN2O4S/c1-32(2,31(37)38)39-26-18-12-23(13-19-26)30-35-27(28(40-30)22-8-14-24(33)15-9-22)29(36)34-25-16-10-21(11-17-25)20-6-4-3-5-7-20/h8-20H,3-7H2,1-2H3,(H,34,36)(H,37,38). The molecular formula is C32H31ClN2O4S. The van der Waals surface area contributed by atoms with Crippen LogP contribution in [0.25, 0.3) is 21.0 Å². The SMILES string of the molecule is CC(C)(Oc1ccc(-c2nc(C(=O)Nc3ccc(C4CCCCC4)cc3)c(-c3ccc(Cl)cc3)s2)cc1)C(=O)O. The summed E-state index contributed by atoms with van der Waals surface area (Å²) in [7, 11) is 0. The summed E-state index contributed by atoms with van der Waals surface area (Å²) in [5, 5.41) is 13.6. The molecule has 1 fully saturated rings. The van der Waals surface area contributed by atoms with E-state index >= 15 is 0 Å². The van der Waals surface area contributed by atoms with E-state index in [1.54, 1.807) is 24.3 Å². The number of hydrogen-bond acceptors (Lipinski definition) is 5. The average Bonchev–Trinajstić information content (AvgIpc) is 3.40. The van der Waals surface area contributed by atoms with Crippen molar-refractivity contribution in [1.82, 2.24) is 4.98 Å². The largest absolute Gasteiger partial charge is 0.478 e. The van der Waals surface area contributed by atoms with E-state index in [4.69, 9.17) is 21.3 Å². The van der Waals surface area contributed by atoms with E-state index in [0.717, 1.165) is 21.7 Å². The first-order chi connectivity index (χ1) is 19.2. The van der Waals surface area contributed by atoms with Gasteiger partial charge in [-0.2, -0.15) is 0 Å². The number of nitrogens with zero attached hydrogens (tertiary/aromatic N) is 1. The lowest BCUT2D eigenvalue weighted by Gasteiger charge is -2.22. The number of amides is 1. The molecule has 4 aromatic rings. The van der Waals surface area contributed by atoms with Gasteiger partial charge in [-0.25, -0.2) is 9.78 Å². The van der Waals surface area contributed by atoms with Gasteiger partial charge in [0.15, 0.2) is 5.60 Å². The lowest BCUT2D eigenvalue weighted by molar-refractivity contribution is -0.152. The molecule has 8 heteroatoms. The van der Waals surface area contributed by atoms with E-state index in [1.807, 2.05) is 36.4 Å². The number of aliphatic carboxylic acids is 1. The van der Waals surface area contributed by atoms with Crippen LogP contribution in [-0.4, -0.2) is 27.6 Å². The Balaban J connectivity index is 1.41. The molecule has 6 nitrogen and oxygen atoms in total. The topological polar surface area (TPSA) is 88.5 Å². The predicted octanol–water partition coefficient (Wildman–Crippen LogP) is 8.67. The Morgan fingerprint density at radius 1 is 0.925 bits per heavy atom. The van der Waals surface area contributed by atoms with Gasteiger partial charge in [-0.05, 0) is 92.3 Å². The molecule has 0 unspecified atom stereocenters. The molecule has 40 heavy (non-hydrogen) atoms. The Morgan fingerprint density at radius 2 is 1.55 bits per heavy atom. The van der Waals surface area contributed by atoms with Crippen molar-refractivity contribution >= 4 is 40.5 Å². The van der Waals surface area contributed by atoms with Crippen molar-refractivity contribution < 1.29 is 19.4 Å². The summed E-state index contributed by atoms with van der Waals surface area (Å²) in [6.07, 6.45) is 6.32. The number of hydrogen-bond donors (Lipinski definition) is 2. The zero-order valence-electron chi connectivity index (χ0n) is 22.4. The van der Waals surface area contributed by atoms with E-state index in [0.29, 0.717) is 27.4 Å². The second-order valence-corrected chi connectivity index (χ2v) is 12.0. The van der Waals surface area contributed by atoms with E-state index in [1.165, 1.54) is 62.9 Å². The molecule has 0 saturated heterocycles. The lowest BCUT2D eigenvalue weighted by atomic mass is 9.84. The maximum absolute atomic E-state index is 13.5. The molecule has 0 radical (unpaired) electrons. The summed E-state index contributed by atoms with van der Waals surface area (Å²) in [5.74, 6) is -0.312. The molecule has 0 atom stereocenters. The van der Waals surface area contributed by atoms with Crippen molar-refractivity contribution in [3.05, 3.63) is 89.1 Å². The third kappa shape index (κ3) is 6.37. The van der Waals surface area contributed by atoms with Crippen molar-refractivity contribution in [3.63, 3.8) is 0 Å². The fourth-order valence-electron chi connectivity index (χ4n) is 4.86. The molecule has 206 valence electrons. The molecule has 2 N–H and O–H groups in total. The maximum atomic E-state index is 13.5. The molecular weight excluding hydrogens is 544 g/mol. The van der Waals surface area contributed by atoms with Crippen LogP contribution in [0.2, 0.25) is 5.02 Å². The maximum Gasteiger partial charge on any atom is 0.347 e. The smallest absolute Gasteiger partial charge is 0.347 e. The van der Waals surface area contributed by atoms with Gasteiger partial charge in [-0.15, -0.1) is 11.3 Å². The van der Waals surface area contributed by atoms with Gasteiger partial charge < -0.3 is 15.2 Å². The zero-order valence-corrected chi connectivity index (χ0v) is 24.0. The molecule has 5 rings (SSSR count). The number of anilines is 1. The molecule has 1 aliphatic carbocycles. The van der Waals surface area contributed by atoms with Gasteiger partial charge in [0.2, 0.25) is 0 Å². The van der Waals surface area contributed by atoms with Crippen molar-refractivity contribution in [2.24, 2.45) is 0 Å². The highest BCUT2D eigenvalue weighted by molar-refractivity contribution is 7.18. The van der Waals surface area contributed by atoms with Gasteiger partial charge in [-0.3, -0.25) is 4.79 Å². The number of thiazole rings is 1. The van der Waals surface area contributed by atoms with Crippen molar-refractivity contribution in [2.75, 3.05) is 5.32 Å². The van der Waals surface area contributed by atoms with Crippen LogP contribution in [0.15, 0.2) is 72.8 Å². The van der Waals surface area contributed by atoms with Crippen LogP contribution in [0.4, 0.5) is 5.69 Å². The first-order valence-electron chi connectivity index (χ1n) is 13.4. The van der Waals surface area contributed by atoms with Gasteiger partial charge in [0.1, 0.15) is 16.5 Å². The van der Waals surface area contributed by atoms with E-state index in [-0.39, 0.29) is 5.91 Å². The van der Waals surface area contributed by atoms with Crippen LogP contribution in [0.3, 0.4) is 0 Å². The number of benzene rings is 3. The van der Waals surface area contributed by atoms with Gasteiger partial charge in [0.25, 0.3) is 5.91 Å². The Morgan fingerprint density at radius 3 is 2.17 bits per heavy atom. The van der Waals surface area contributed by atoms with Gasteiger partial charge >= 0.3 is 5.97 Å². The highest BCUT2D eigenvalue weighted by Crippen LogP contribution is 2.38. The summed E-state index contributed by atoms with van der Waals surface area (Å²) in [6, 6.07) is 22.5. The van der Waals surface area contributed by atoms with Crippen LogP contribution in [0.5, 0.6) is 5.75 Å². The van der Waals surface area contributed by atoms with Crippen LogP contribution in [-0.2, 0) is 4.79 Å². The first-order valence-corrected chi connectivity index (χ1v) is 14.6. The minimum absolute atomic E-state index is 0.291. The monoisotopic (exact) mass is 574 g/mol. The Labute approximate surface area is 243 Å². The second-order valence-electron chi connectivity index (χ2n) is 10.6. The van der Waals surface area contributed by atoms with Crippen LogP contribution in [0.1, 0.15) is 67.9 Å². The van der Waals surface area contributed by atoms with Crippen LogP contribution < -0.4 is 10.1 Å². The summed E-state index contributed by atoms with van der Waals surface area (Å²) in [6.45, 7) is 2.99. The number of carboxylic acids is 1. The van der Waals surface area contributed by atoms with Crippen molar-refractivity contribution in [1.29, 1.82) is 0 Å². The van der Waals surface area contributed by atoms with Crippen molar-refractivity contribution in [3.8, 4) is 26.8 Å². The molecule has 0 aliphatic heterocycles. The molecule has 0 spiro atoms. The van der Waals surface area contributed by atoms with E-state index < -0.39 is 11.6 Å². The van der Waals surface area contributed by atoms with Gasteiger partial charge in [0.05, 0.1) is 4.88 Å². The second kappa shape index (κ2) is 11.8. The predicted molar refractivity (Wildman–Crippen MR) is 161 cm³/mol. The van der Waals surface area contributed by atoms with Crippen molar-refractivity contribution in [2.45, 2.75) is 57.5 Å². The van der Waals surface area contributed by atoms with Gasteiger partial charge in [-0.1, -0.05) is 55.1 Å². The Bertz CT molecular complexity index is 1490. The minimum atomic E-state index is -1.36. The number of carbonyl (C=O) groups is 2. The third-order valence-electron chi connectivity index (χ3n) is 7.18. The normalized spacial score (nSPS) is 14.1. The van der Waals surface area contributed by atoms with Crippen LogP contribution in [0, 0.1) is 0 Å². The fourth-order valence-corrected chi connectivity index (χ4v) is 6.06. The summed E-state index contributed by atoms with van der Waals surface area (Å²) >= 11 is 7.52. The molecule has 3 aromatic carbocycles. The Hall–Kier alpha value is -3.68. The first kappa shape index (κ1) is 27.9. The fraction of sp³-hybridized carbons (Fsp3) is 0.281. The molecule has 0 bridgehead atoms. The Kier molecular flexibility index (Phi) is 8.24. The number of rotatable bonds is 8. The minimum Gasteiger partial charge on any atom is -0.478 e. The number of carbonyl (C=O) groups excluding carboxylic acids is 1. The molecule has 1 aliphatic rings. The lowest BCUT2D eigenvalue weighted by Crippen LogP contribution is -2.37. The average molecular weight is 575 g/mol. The quantitative estimate of drug-likeness (QED) is 0.220. The molecule has 1 heterocycles. The number of aromatic nitrogens is 1. The summed E-state index contributed by atoms with van der Waals surface area (Å²) in [5.41, 5.74) is 2.65. The number of carboxylic acid groups (broad SMARTS) is 1. The summed E-state index contributed by atoms with van der Waals surface area (Å²) < 4.78 is 5.62. The number of halogens is 1. The molecule has 1 aromatic heterocycles. The van der Waals surface area contributed by atoms with Gasteiger partial charge in [0, 0.05) is 16.3 Å². The van der Waals surface area contributed by atoms with E-state index in [9.17, 15) is 14.7 Å².